The summed E-state index contributed by atoms with van der Waals surface area (Å²) < 4.78 is 2.37. The smallest absolute Gasteiger partial charge is 0.254 e. The van der Waals surface area contributed by atoms with Crippen LogP contribution in [-0.2, 0) is 5.41 Å². The van der Waals surface area contributed by atoms with Gasteiger partial charge in [-0.2, -0.15) is 0 Å². The molecule has 0 N–H and O–H groups in total. The number of fused-ring (bicyclic) bond motifs is 6. The van der Waals surface area contributed by atoms with E-state index >= 15 is 0 Å². The highest BCUT2D eigenvalue weighted by molar-refractivity contribution is 7.00. The van der Waals surface area contributed by atoms with Crippen molar-refractivity contribution in [3.05, 3.63) is 133 Å². The third-order valence-electron chi connectivity index (χ3n) is 8.74. The van der Waals surface area contributed by atoms with Crippen molar-refractivity contribution in [2.24, 2.45) is 0 Å². The maximum Gasteiger partial charge on any atom is 0.254 e. The Morgan fingerprint density at radius 1 is 0.585 bits per heavy atom. The van der Waals surface area contributed by atoms with Crippen molar-refractivity contribution in [2.45, 2.75) is 33.1 Å². The first kappa shape index (κ1) is 24.1. The molecule has 2 aliphatic rings. The molecule has 0 radical (unpaired) electrons. The highest BCUT2D eigenvalue weighted by atomic mass is 15.2. The molecule has 198 valence electrons. The van der Waals surface area contributed by atoms with Gasteiger partial charge in [-0.3, -0.25) is 4.90 Å². The summed E-state index contributed by atoms with van der Waals surface area (Å²) in [5, 5.41) is 0. The first-order valence-corrected chi connectivity index (χ1v) is 14.5. The topological polar surface area (TPSA) is 10.9 Å². The number of aryl methyl sites for hydroxylation is 1. The zero-order chi connectivity index (χ0) is 27.9. The van der Waals surface area contributed by atoms with Gasteiger partial charge in [-0.15, -0.1) is 0 Å². The summed E-state index contributed by atoms with van der Waals surface area (Å²) in [6.45, 7) is 9.28. The van der Waals surface area contributed by atoms with Crippen molar-refractivity contribution in [1.82, 2.24) is 4.40 Å². The average molecular weight is 529 g/mol. The van der Waals surface area contributed by atoms with Crippen molar-refractivity contribution in [1.29, 1.82) is 0 Å². The quantitative estimate of drug-likeness (QED) is 0.213. The number of hydrogen-bond acceptors (Lipinski definition) is 2. The monoisotopic (exact) mass is 529 g/mol. The molecule has 41 heavy (non-hydrogen) atoms. The van der Waals surface area contributed by atoms with Gasteiger partial charge in [0.15, 0.2) is 0 Å². The zero-order valence-electron chi connectivity index (χ0n) is 24.0. The van der Waals surface area contributed by atoms with Crippen LogP contribution < -0.4 is 26.2 Å². The van der Waals surface area contributed by atoms with Gasteiger partial charge in [0.05, 0.1) is 0 Å². The number of aromatic nitrogens is 1. The molecule has 0 bridgehead atoms. The summed E-state index contributed by atoms with van der Waals surface area (Å²) in [6, 6.07) is 42.5. The summed E-state index contributed by atoms with van der Waals surface area (Å²) in [5.41, 5.74) is 14.0. The van der Waals surface area contributed by atoms with Crippen molar-refractivity contribution in [2.75, 3.05) is 9.80 Å². The van der Waals surface area contributed by atoms with Gasteiger partial charge in [-0.1, -0.05) is 75.4 Å². The maximum absolute atomic E-state index is 2.50. The molecule has 3 nitrogen and oxygen atoms in total. The third-order valence-corrected chi connectivity index (χ3v) is 8.74. The van der Waals surface area contributed by atoms with Gasteiger partial charge in [-0.25, -0.2) is 0 Å². The lowest BCUT2D eigenvalue weighted by molar-refractivity contribution is 0.590. The van der Waals surface area contributed by atoms with Crippen LogP contribution in [0.1, 0.15) is 31.9 Å². The lowest BCUT2D eigenvalue weighted by Gasteiger charge is -2.44. The Balaban J connectivity index is 1.55. The van der Waals surface area contributed by atoms with Crippen LogP contribution in [0.2, 0.25) is 0 Å². The van der Waals surface area contributed by atoms with E-state index in [9.17, 15) is 0 Å². The lowest BCUT2D eigenvalue weighted by atomic mass is 9.34. The number of pyridine rings is 1. The third kappa shape index (κ3) is 3.53. The first-order chi connectivity index (χ1) is 19.9. The fourth-order valence-electron chi connectivity index (χ4n) is 6.81. The second-order valence-corrected chi connectivity index (χ2v) is 12.4. The molecule has 0 saturated heterocycles. The van der Waals surface area contributed by atoms with E-state index in [-0.39, 0.29) is 12.1 Å². The molecular weight excluding hydrogens is 497 g/mol. The molecule has 0 fully saturated rings. The van der Waals surface area contributed by atoms with Crippen LogP contribution >= 0.6 is 0 Å². The van der Waals surface area contributed by atoms with Crippen molar-refractivity contribution < 1.29 is 0 Å². The molecule has 0 amide bonds. The van der Waals surface area contributed by atoms with Crippen molar-refractivity contribution in [3.8, 4) is 0 Å². The predicted molar refractivity (Wildman–Crippen MR) is 175 cm³/mol. The van der Waals surface area contributed by atoms with Gasteiger partial charge >= 0.3 is 0 Å². The Bertz CT molecular complexity index is 1950. The molecule has 4 aromatic carbocycles. The van der Waals surface area contributed by atoms with E-state index in [2.05, 4.69) is 163 Å². The van der Waals surface area contributed by atoms with Crippen LogP contribution in [0.25, 0.3) is 5.52 Å². The summed E-state index contributed by atoms with van der Waals surface area (Å²) in [7, 11) is 0. The molecular formula is C37H32BN3. The van der Waals surface area contributed by atoms with Crippen LogP contribution in [-0.4, -0.2) is 11.1 Å². The molecule has 0 atom stereocenters. The number of anilines is 6. The van der Waals surface area contributed by atoms with Crippen LogP contribution in [0.3, 0.4) is 0 Å². The van der Waals surface area contributed by atoms with E-state index in [1.165, 1.54) is 67.3 Å². The Kier molecular flexibility index (Phi) is 5.09. The maximum atomic E-state index is 2.50. The number of para-hydroxylation sites is 2. The van der Waals surface area contributed by atoms with Gasteiger partial charge < -0.3 is 9.30 Å². The zero-order valence-corrected chi connectivity index (χ0v) is 24.0. The number of benzene rings is 4. The van der Waals surface area contributed by atoms with Crippen molar-refractivity contribution >= 4 is 62.9 Å². The van der Waals surface area contributed by atoms with E-state index in [0.29, 0.717) is 0 Å². The normalized spacial score (nSPS) is 13.7. The highest BCUT2D eigenvalue weighted by Crippen LogP contribution is 2.46. The summed E-state index contributed by atoms with van der Waals surface area (Å²) in [4.78, 5) is 4.99. The molecule has 0 saturated carbocycles. The van der Waals surface area contributed by atoms with Gasteiger partial charge in [-0.05, 0) is 101 Å². The Hall–Kier alpha value is -4.70. The predicted octanol–water partition coefficient (Wildman–Crippen LogP) is 7.63. The van der Waals surface area contributed by atoms with E-state index < -0.39 is 0 Å². The van der Waals surface area contributed by atoms with Gasteiger partial charge in [0.2, 0.25) is 0 Å². The van der Waals surface area contributed by atoms with E-state index in [0.717, 1.165) is 0 Å². The summed E-state index contributed by atoms with van der Waals surface area (Å²) >= 11 is 0. The molecule has 2 aliphatic heterocycles. The fraction of sp³-hybridized carbons (Fsp3) is 0.135. The first-order valence-electron chi connectivity index (χ1n) is 14.5. The molecule has 0 spiro atoms. The Morgan fingerprint density at radius 2 is 1.22 bits per heavy atom. The van der Waals surface area contributed by atoms with Crippen LogP contribution in [0.15, 0.2) is 121 Å². The Labute approximate surface area is 242 Å². The molecule has 0 unspecified atom stereocenters. The minimum atomic E-state index is -0.0276. The molecule has 8 rings (SSSR count). The second-order valence-electron chi connectivity index (χ2n) is 12.4. The van der Waals surface area contributed by atoms with Gasteiger partial charge in [0.1, 0.15) is 5.82 Å². The van der Waals surface area contributed by atoms with E-state index in [4.69, 9.17) is 0 Å². The van der Waals surface area contributed by atoms with Crippen LogP contribution in [0.4, 0.5) is 34.3 Å². The van der Waals surface area contributed by atoms with E-state index in [1.807, 2.05) is 0 Å². The second kappa shape index (κ2) is 8.65. The lowest BCUT2D eigenvalue weighted by Crippen LogP contribution is -2.61. The van der Waals surface area contributed by atoms with E-state index in [1.54, 1.807) is 0 Å². The van der Waals surface area contributed by atoms with Gasteiger partial charge in [0, 0.05) is 40.2 Å². The Morgan fingerprint density at radius 3 is 1.90 bits per heavy atom. The molecule has 4 heteroatoms. The minimum absolute atomic E-state index is 0.0276. The molecule has 0 aliphatic carbocycles. The fourth-order valence-corrected chi connectivity index (χ4v) is 6.81. The minimum Gasteiger partial charge on any atom is -0.311 e. The highest BCUT2D eigenvalue weighted by Gasteiger charge is 2.45. The van der Waals surface area contributed by atoms with Gasteiger partial charge in [0.25, 0.3) is 6.71 Å². The largest absolute Gasteiger partial charge is 0.311 e. The van der Waals surface area contributed by atoms with Crippen molar-refractivity contribution in [3.63, 3.8) is 0 Å². The number of rotatable bonds is 2. The number of hydrogen-bond donors (Lipinski definition) is 0. The average Bonchev–Trinajstić information content (AvgIpc) is 3.36. The SMILES string of the molecule is Cc1ccc2c(c1)N(c1ccccc1)c1cc(C(C)(C)C)cc3c1B2c1cc2ccccn2c1N3c1ccccc1. The number of nitrogens with zero attached hydrogens (tertiary/aromatic N) is 3. The molecule has 6 aromatic rings. The molecule has 2 aromatic heterocycles. The van der Waals surface area contributed by atoms with Crippen LogP contribution in [0.5, 0.6) is 0 Å². The van der Waals surface area contributed by atoms with Crippen LogP contribution in [0, 0.1) is 6.92 Å². The molecule has 4 heterocycles. The summed E-state index contributed by atoms with van der Waals surface area (Å²) in [6.07, 6.45) is 2.21. The summed E-state index contributed by atoms with van der Waals surface area (Å²) in [5.74, 6) is 1.22. The standard InChI is InChI=1S/C37H32BN3/c1-25-18-19-30-32(21-25)40(27-13-7-5-8-14-27)33-22-26(37(2,3)4)23-34-35(33)38(30)31-24-29-17-11-12-20-39(29)36(31)41(34)28-15-9-6-10-16-28/h5-24H,1-4H3.